The predicted octanol–water partition coefficient (Wildman–Crippen LogP) is 5.74. The molecule has 0 unspecified atom stereocenters. The molecule has 0 atom stereocenters. The molecule has 0 amide bonds. The van der Waals surface area contributed by atoms with E-state index in [4.69, 9.17) is 4.74 Å². The normalized spacial score (nSPS) is 10.7. The second-order valence-electron chi connectivity index (χ2n) is 5.55. The van der Waals surface area contributed by atoms with Crippen molar-refractivity contribution in [3.63, 3.8) is 0 Å². The highest BCUT2D eigenvalue weighted by atomic mass is 16.5. The molecular weight excluding hydrogens is 282 g/mol. The zero-order valence-electron chi connectivity index (χ0n) is 12.7. The summed E-state index contributed by atoms with van der Waals surface area (Å²) in [5, 5.41) is 2.53. The van der Waals surface area contributed by atoms with Crippen LogP contribution in [0.3, 0.4) is 0 Å². The van der Waals surface area contributed by atoms with Crippen LogP contribution in [-0.2, 0) is 0 Å². The Kier molecular flexibility index (Phi) is 3.83. The van der Waals surface area contributed by atoms with Crippen molar-refractivity contribution in [2.24, 2.45) is 0 Å². The lowest BCUT2D eigenvalue weighted by molar-refractivity contribution is 0.413. The molecule has 0 aliphatic carbocycles. The highest BCUT2D eigenvalue weighted by Gasteiger charge is 2.14. The molecule has 2 heteroatoms. The second kappa shape index (κ2) is 5.81. The third kappa shape index (κ3) is 2.27. The SMILES string of the molecule is C.COc1ccc(C)cc1-n1c2ccccc2c2ccccc21. The van der Waals surface area contributed by atoms with Crippen molar-refractivity contribution in [1.82, 2.24) is 4.57 Å². The van der Waals surface area contributed by atoms with E-state index in [0.29, 0.717) is 0 Å². The van der Waals surface area contributed by atoms with Gasteiger partial charge in [-0.25, -0.2) is 0 Å². The fraction of sp³-hybridized carbons (Fsp3) is 0.143. The molecule has 2 nitrogen and oxygen atoms in total. The third-order valence-corrected chi connectivity index (χ3v) is 4.16. The first-order valence-corrected chi connectivity index (χ1v) is 7.43. The van der Waals surface area contributed by atoms with Crippen LogP contribution in [0, 0.1) is 6.92 Å². The van der Waals surface area contributed by atoms with Crippen LogP contribution in [0.5, 0.6) is 5.75 Å². The molecule has 0 aliphatic heterocycles. The summed E-state index contributed by atoms with van der Waals surface area (Å²) >= 11 is 0. The fourth-order valence-electron chi connectivity index (χ4n) is 3.16. The molecule has 0 fully saturated rings. The van der Waals surface area contributed by atoms with Gasteiger partial charge >= 0.3 is 0 Å². The summed E-state index contributed by atoms with van der Waals surface area (Å²) in [6.45, 7) is 2.11. The molecule has 1 aromatic heterocycles. The lowest BCUT2D eigenvalue weighted by Crippen LogP contribution is -1.98. The number of nitrogens with zero attached hydrogens (tertiary/aromatic N) is 1. The van der Waals surface area contributed by atoms with Crippen LogP contribution in [0.2, 0.25) is 0 Å². The van der Waals surface area contributed by atoms with Crippen LogP contribution in [0.4, 0.5) is 0 Å². The zero-order valence-corrected chi connectivity index (χ0v) is 12.7. The predicted molar refractivity (Wildman–Crippen MR) is 98.8 cm³/mol. The first-order valence-electron chi connectivity index (χ1n) is 7.43. The standard InChI is InChI=1S/C20H17NO.CH4/c1-14-11-12-20(22-2)19(13-14)21-17-9-5-3-7-15(17)16-8-4-6-10-18(16)21;/h3-13H,1-2H3;1H4. The number of aromatic nitrogens is 1. The molecule has 4 rings (SSSR count). The Morgan fingerprint density at radius 1 is 0.783 bits per heavy atom. The monoisotopic (exact) mass is 303 g/mol. The molecular formula is C21H21NO. The average molecular weight is 303 g/mol. The van der Waals surface area contributed by atoms with Crippen LogP contribution >= 0.6 is 0 Å². The van der Waals surface area contributed by atoms with Crippen molar-refractivity contribution in [3.05, 3.63) is 72.3 Å². The number of aryl methyl sites for hydroxylation is 1. The van der Waals surface area contributed by atoms with E-state index in [2.05, 4.69) is 72.2 Å². The molecule has 0 bridgehead atoms. The second-order valence-corrected chi connectivity index (χ2v) is 5.55. The van der Waals surface area contributed by atoms with E-state index in [1.807, 2.05) is 6.07 Å². The Labute approximate surface area is 136 Å². The van der Waals surface area contributed by atoms with E-state index < -0.39 is 0 Å². The van der Waals surface area contributed by atoms with Gasteiger partial charge in [-0.15, -0.1) is 0 Å². The van der Waals surface area contributed by atoms with Gasteiger partial charge in [0.25, 0.3) is 0 Å². The van der Waals surface area contributed by atoms with Gasteiger partial charge in [0.15, 0.2) is 0 Å². The third-order valence-electron chi connectivity index (χ3n) is 4.16. The largest absolute Gasteiger partial charge is 0.495 e. The molecule has 0 aliphatic rings. The van der Waals surface area contributed by atoms with E-state index in [1.165, 1.54) is 27.4 Å². The van der Waals surface area contributed by atoms with Crippen molar-refractivity contribution in [3.8, 4) is 11.4 Å². The smallest absolute Gasteiger partial charge is 0.142 e. The summed E-state index contributed by atoms with van der Waals surface area (Å²) < 4.78 is 7.89. The van der Waals surface area contributed by atoms with Crippen molar-refractivity contribution in [2.45, 2.75) is 14.4 Å². The molecule has 0 spiro atoms. The molecule has 1 heterocycles. The van der Waals surface area contributed by atoms with Crippen molar-refractivity contribution in [1.29, 1.82) is 0 Å². The molecule has 23 heavy (non-hydrogen) atoms. The molecule has 0 saturated carbocycles. The minimum atomic E-state index is 0. The van der Waals surface area contributed by atoms with Gasteiger partial charge in [-0.1, -0.05) is 49.9 Å². The molecule has 3 aromatic carbocycles. The van der Waals surface area contributed by atoms with Crippen LogP contribution in [-0.4, -0.2) is 11.7 Å². The highest BCUT2D eigenvalue weighted by Crippen LogP contribution is 2.35. The summed E-state index contributed by atoms with van der Waals surface area (Å²) in [6.07, 6.45) is 0. The van der Waals surface area contributed by atoms with Gasteiger partial charge in [0, 0.05) is 10.8 Å². The number of fused-ring (bicyclic) bond motifs is 3. The van der Waals surface area contributed by atoms with Gasteiger partial charge in [0.2, 0.25) is 0 Å². The zero-order chi connectivity index (χ0) is 15.1. The molecule has 0 saturated heterocycles. The molecule has 0 N–H and O–H groups in total. The molecule has 4 aromatic rings. The maximum absolute atomic E-state index is 5.60. The maximum Gasteiger partial charge on any atom is 0.142 e. The van der Waals surface area contributed by atoms with Crippen LogP contribution < -0.4 is 4.74 Å². The highest BCUT2D eigenvalue weighted by molar-refractivity contribution is 6.09. The van der Waals surface area contributed by atoms with E-state index in [-0.39, 0.29) is 7.43 Å². The van der Waals surface area contributed by atoms with E-state index in [9.17, 15) is 0 Å². The molecule has 0 radical (unpaired) electrons. The number of hydrogen-bond donors (Lipinski definition) is 0. The quantitative estimate of drug-likeness (QED) is 0.461. The molecule has 116 valence electrons. The van der Waals surface area contributed by atoms with Gasteiger partial charge in [-0.05, 0) is 36.8 Å². The van der Waals surface area contributed by atoms with Crippen LogP contribution in [0.1, 0.15) is 13.0 Å². The Morgan fingerprint density at radius 2 is 1.35 bits per heavy atom. The number of ether oxygens (including phenoxy) is 1. The summed E-state index contributed by atoms with van der Waals surface area (Å²) in [5.74, 6) is 0.886. The van der Waals surface area contributed by atoms with Gasteiger partial charge in [-0.2, -0.15) is 0 Å². The lowest BCUT2D eigenvalue weighted by Gasteiger charge is -2.13. The Balaban J connectivity index is 0.00000156. The number of hydrogen-bond acceptors (Lipinski definition) is 1. The van der Waals surface area contributed by atoms with E-state index in [0.717, 1.165) is 11.4 Å². The number of rotatable bonds is 2. The fourth-order valence-corrected chi connectivity index (χ4v) is 3.16. The van der Waals surface area contributed by atoms with Gasteiger partial charge in [0.1, 0.15) is 5.75 Å². The first-order chi connectivity index (χ1) is 10.8. The Hall–Kier alpha value is -2.74. The summed E-state index contributed by atoms with van der Waals surface area (Å²) in [4.78, 5) is 0. The van der Waals surface area contributed by atoms with Crippen molar-refractivity contribution in [2.75, 3.05) is 7.11 Å². The van der Waals surface area contributed by atoms with Gasteiger partial charge in [-0.3, -0.25) is 0 Å². The average Bonchev–Trinajstić information content (AvgIpc) is 2.89. The lowest BCUT2D eigenvalue weighted by atomic mass is 10.2. The van der Waals surface area contributed by atoms with Crippen LogP contribution in [0.25, 0.3) is 27.5 Å². The minimum absolute atomic E-state index is 0. The van der Waals surface area contributed by atoms with E-state index in [1.54, 1.807) is 7.11 Å². The van der Waals surface area contributed by atoms with E-state index >= 15 is 0 Å². The number of methoxy groups -OCH3 is 1. The van der Waals surface area contributed by atoms with Gasteiger partial charge in [0.05, 0.1) is 23.8 Å². The summed E-state index contributed by atoms with van der Waals surface area (Å²) in [7, 11) is 1.72. The Bertz CT molecular complexity index is 928. The summed E-state index contributed by atoms with van der Waals surface area (Å²) in [5.41, 5.74) is 4.71. The minimum Gasteiger partial charge on any atom is -0.495 e. The topological polar surface area (TPSA) is 14.2 Å². The number of para-hydroxylation sites is 2. The Morgan fingerprint density at radius 3 is 1.91 bits per heavy atom. The maximum atomic E-state index is 5.60. The van der Waals surface area contributed by atoms with Crippen molar-refractivity contribution >= 4 is 21.8 Å². The summed E-state index contributed by atoms with van der Waals surface area (Å²) in [6, 6.07) is 23.3. The van der Waals surface area contributed by atoms with Crippen molar-refractivity contribution < 1.29 is 4.74 Å². The first kappa shape index (κ1) is 15.2. The number of benzene rings is 3. The van der Waals surface area contributed by atoms with Gasteiger partial charge < -0.3 is 9.30 Å². The van der Waals surface area contributed by atoms with Crippen LogP contribution in [0.15, 0.2) is 66.7 Å².